The standard InChI is InChI=1S/C10H17N3O3S.ClH/c1-7-10(8(2)16-12-7)17(14,15)13-9-4-3-5-11-6-9;/h9,11,13H,3-6H2,1-2H3;1H/t9-;/m0./s1. The molecule has 0 aromatic carbocycles. The Labute approximate surface area is 113 Å². The Morgan fingerprint density at radius 1 is 1.44 bits per heavy atom. The molecule has 0 unspecified atom stereocenters. The summed E-state index contributed by atoms with van der Waals surface area (Å²) in [7, 11) is -3.52. The number of nitrogens with zero attached hydrogens (tertiary/aromatic N) is 1. The van der Waals surface area contributed by atoms with Gasteiger partial charge in [-0.3, -0.25) is 0 Å². The van der Waals surface area contributed by atoms with Gasteiger partial charge >= 0.3 is 0 Å². The zero-order chi connectivity index (χ0) is 12.5. The van der Waals surface area contributed by atoms with E-state index in [9.17, 15) is 8.42 Å². The van der Waals surface area contributed by atoms with Gasteiger partial charge in [0.15, 0.2) is 5.76 Å². The average Bonchev–Trinajstić information content (AvgIpc) is 2.59. The van der Waals surface area contributed by atoms with E-state index in [0.29, 0.717) is 18.0 Å². The molecular formula is C10H18ClN3O3S. The molecule has 1 saturated heterocycles. The van der Waals surface area contributed by atoms with Crippen LogP contribution in [0.25, 0.3) is 0 Å². The summed E-state index contributed by atoms with van der Waals surface area (Å²) in [4.78, 5) is 0.170. The largest absolute Gasteiger partial charge is 0.360 e. The molecule has 0 aliphatic carbocycles. The molecule has 1 atom stereocenters. The fourth-order valence-corrected chi connectivity index (χ4v) is 3.69. The van der Waals surface area contributed by atoms with Gasteiger partial charge in [0.1, 0.15) is 10.6 Å². The molecule has 0 spiro atoms. The lowest BCUT2D eigenvalue weighted by Gasteiger charge is -2.23. The summed E-state index contributed by atoms with van der Waals surface area (Å²) < 4.78 is 31.9. The van der Waals surface area contributed by atoms with Gasteiger partial charge < -0.3 is 9.84 Å². The molecule has 2 N–H and O–H groups in total. The van der Waals surface area contributed by atoms with Crippen LogP contribution in [0.1, 0.15) is 24.3 Å². The average molecular weight is 296 g/mol. The number of hydrogen-bond acceptors (Lipinski definition) is 5. The molecule has 2 heterocycles. The van der Waals surface area contributed by atoms with Crippen molar-refractivity contribution in [3.63, 3.8) is 0 Å². The van der Waals surface area contributed by atoms with Crippen molar-refractivity contribution in [1.29, 1.82) is 0 Å². The van der Waals surface area contributed by atoms with E-state index in [4.69, 9.17) is 4.52 Å². The maximum atomic E-state index is 12.2. The monoisotopic (exact) mass is 295 g/mol. The lowest BCUT2D eigenvalue weighted by molar-refractivity contribution is 0.390. The van der Waals surface area contributed by atoms with Gasteiger partial charge in [-0.15, -0.1) is 12.4 Å². The van der Waals surface area contributed by atoms with Crippen molar-refractivity contribution in [2.45, 2.75) is 37.6 Å². The summed E-state index contributed by atoms with van der Waals surface area (Å²) in [5.74, 6) is 0.332. The summed E-state index contributed by atoms with van der Waals surface area (Å²) in [6.45, 7) is 4.85. The van der Waals surface area contributed by atoms with Crippen molar-refractivity contribution in [2.24, 2.45) is 0 Å². The second kappa shape index (κ2) is 6.01. The Morgan fingerprint density at radius 3 is 2.67 bits per heavy atom. The number of piperidine rings is 1. The fourth-order valence-electron chi connectivity index (χ4n) is 2.09. The lowest BCUT2D eigenvalue weighted by Crippen LogP contribution is -2.45. The third-order valence-corrected chi connectivity index (χ3v) is 4.62. The number of halogens is 1. The molecule has 6 nitrogen and oxygen atoms in total. The minimum absolute atomic E-state index is 0. The van der Waals surface area contributed by atoms with E-state index < -0.39 is 10.0 Å². The predicted molar refractivity (Wildman–Crippen MR) is 69.4 cm³/mol. The normalized spacial score (nSPS) is 20.4. The minimum Gasteiger partial charge on any atom is -0.360 e. The van der Waals surface area contributed by atoms with Gasteiger partial charge in [-0.1, -0.05) is 5.16 Å². The van der Waals surface area contributed by atoms with Crippen molar-refractivity contribution in [3.8, 4) is 0 Å². The second-order valence-corrected chi connectivity index (χ2v) is 5.97. The van der Waals surface area contributed by atoms with Crippen molar-refractivity contribution in [2.75, 3.05) is 13.1 Å². The first-order chi connectivity index (χ1) is 8.00. The zero-order valence-electron chi connectivity index (χ0n) is 10.4. The Bertz CT molecular complexity index is 475. The quantitative estimate of drug-likeness (QED) is 0.859. The number of rotatable bonds is 3. The van der Waals surface area contributed by atoms with Gasteiger partial charge in [-0.2, -0.15) is 0 Å². The Balaban J connectivity index is 0.00000162. The molecule has 0 amide bonds. The molecule has 8 heteroatoms. The number of aromatic nitrogens is 1. The third-order valence-electron chi connectivity index (χ3n) is 2.86. The first-order valence-electron chi connectivity index (χ1n) is 5.66. The van der Waals surface area contributed by atoms with Crippen LogP contribution in [0.2, 0.25) is 0 Å². The molecule has 0 saturated carbocycles. The molecule has 1 aromatic heterocycles. The van der Waals surface area contributed by atoms with Gasteiger partial charge in [0.25, 0.3) is 0 Å². The number of hydrogen-bond donors (Lipinski definition) is 2. The SMILES string of the molecule is Cc1noc(C)c1S(=O)(=O)N[C@H]1CCCNC1.Cl. The fraction of sp³-hybridized carbons (Fsp3) is 0.700. The van der Waals surface area contributed by atoms with Crippen LogP contribution in [0.3, 0.4) is 0 Å². The number of aryl methyl sites for hydroxylation is 2. The van der Waals surface area contributed by atoms with Gasteiger partial charge in [-0.05, 0) is 33.2 Å². The Morgan fingerprint density at radius 2 is 2.17 bits per heavy atom. The number of sulfonamides is 1. The maximum Gasteiger partial charge on any atom is 0.246 e. The van der Waals surface area contributed by atoms with Crippen LogP contribution in [0.4, 0.5) is 0 Å². The highest BCUT2D eigenvalue weighted by Gasteiger charge is 2.27. The van der Waals surface area contributed by atoms with E-state index in [-0.39, 0.29) is 23.3 Å². The highest BCUT2D eigenvalue weighted by Crippen LogP contribution is 2.19. The van der Waals surface area contributed by atoms with Crippen LogP contribution in [0.5, 0.6) is 0 Å². The van der Waals surface area contributed by atoms with Crippen molar-refractivity contribution in [3.05, 3.63) is 11.5 Å². The number of nitrogens with one attached hydrogen (secondary N) is 2. The third kappa shape index (κ3) is 3.23. The van der Waals surface area contributed by atoms with Crippen LogP contribution >= 0.6 is 12.4 Å². The molecule has 0 radical (unpaired) electrons. The molecule has 18 heavy (non-hydrogen) atoms. The molecule has 1 fully saturated rings. The predicted octanol–water partition coefficient (Wildman–Crippen LogP) is 0.744. The van der Waals surface area contributed by atoms with Crippen LogP contribution < -0.4 is 10.0 Å². The molecule has 1 aliphatic heterocycles. The van der Waals surface area contributed by atoms with Crippen LogP contribution in [0, 0.1) is 13.8 Å². The topological polar surface area (TPSA) is 84.2 Å². The maximum absolute atomic E-state index is 12.2. The van der Waals surface area contributed by atoms with Crippen LogP contribution in [-0.2, 0) is 10.0 Å². The Kier molecular flexibility index (Phi) is 5.15. The van der Waals surface area contributed by atoms with E-state index >= 15 is 0 Å². The van der Waals surface area contributed by atoms with Gasteiger partial charge in [0.2, 0.25) is 10.0 Å². The molecule has 104 valence electrons. The highest BCUT2D eigenvalue weighted by atomic mass is 35.5. The molecule has 1 aromatic rings. The second-order valence-electron chi connectivity index (χ2n) is 4.32. The highest BCUT2D eigenvalue weighted by molar-refractivity contribution is 7.89. The van der Waals surface area contributed by atoms with Crippen LogP contribution in [0.15, 0.2) is 9.42 Å². The van der Waals surface area contributed by atoms with E-state index in [1.54, 1.807) is 13.8 Å². The van der Waals surface area contributed by atoms with Gasteiger partial charge in [0.05, 0.1) is 0 Å². The summed E-state index contributed by atoms with van der Waals surface area (Å²) in [5.41, 5.74) is 0.402. The molecule has 0 bridgehead atoms. The lowest BCUT2D eigenvalue weighted by atomic mass is 10.1. The van der Waals surface area contributed by atoms with E-state index in [0.717, 1.165) is 19.4 Å². The molecular weight excluding hydrogens is 278 g/mol. The summed E-state index contributed by atoms with van der Waals surface area (Å²) >= 11 is 0. The summed E-state index contributed by atoms with van der Waals surface area (Å²) in [6.07, 6.45) is 1.84. The molecule has 1 aliphatic rings. The van der Waals surface area contributed by atoms with E-state index in [1.807, 2.05) is 0 Å². The smallest absolute Gasteiger partial charge is 0.246 e. The summed E-state index contributed by atoms with van der Waals surface area (Å²) in [5, 5.41) is 6.83. The van der Waals surface area contributed by atoms with Crippen molar-refractivity contribution < 1.29 is 12.9 Å². The van der Waals surface area contributed by atoms with Crippen molar-refractivity contribution in [1.82, 2.24) is 15.2 Å². The zero-order valence-corrected chi connectivity index (χ0v) is 12.0. The first-order valence-corrected chi connectivity index (χ1v) is 7.15. The van der Waals surface area contributed by atoms with Crippen LogP contribution in [-0.4, -0.2) is 32.7 Å². The molecule has 2 rings (SSSR count). The van der Waals surface area contributed by atoms with E-state index in [1.165, 1.54) is 0 Å². The first kappa shape index (κ1) is 15.4. The van der Waals surface area contributed by atoms with Crippen molar-refractivity contribution >= 4 is 22.4 Å². The van der Waals surface area contributed by atoms with Gasteiger partial charge in [-0.25, -0.2) is 13.1 Å². The van der Waals surface area contributed by atoms with E-state index in [2.05, 4.69) is 15.2 Å². The summed E-state index contributed by atoms with van der Waals surface area (Å²) in [6, 6.07) is -0.0533. The Hall–Kier alpha value is -0.630. The van der Waals surface area contributed by atoms with Gasteiger partial charge in [0, 0.05) is 12.6 Å². The minimum atomic E-state index is -3.52.